The van der Waals surface area contributed by atoms with Gasteiger partial charge in [-0.1, -0.05) is 43.2 Å². The third-order valence-electron chi connectivity index (χ3n) is 6.93. The van der Waals surface area contributed by atoms with Crippen LogP contribution in [0.5, 0.6) is 0 Å². The molecule has 2 aromatic carbocycles. The second-order valence-electron chi connectivity index (χ2n) is 9.01. The Kier molecular flexibility index (Phi) is 6.70. The number of aliphatic hydroxyl groups excluding tert-OH is 1. The van der Waals surface area contributed by atoms with E-state index >= 15 is 0 Å². The monoisotopic (exact) mass is 510 g/mol. The van der Waals surface area contributed by atoms with E-state index in [2.05, 4.69) is 4.98 Å². The summed E-state index contributed by atoms with van der Waals surface area (Å²) in [5.41, 5.74) is 1.27. The molecule has 35 heavy (non-hydrogen) atoms. The summed E-state index contributed by atoms with van der Waals surface area (Å²) in [5.74, 6) is -0.652. The Balaban J connectivity index is 1.70. The van der Waals surface area contributed by atoms with Crippen molar-refractivity contribution in [3.05, 3.63) is 90.0 Å². The summed E-state index contributed by atoms with van der Waals surface area (Å²) in [6.45, 7) is 0. The van der Waals surface area contributed by atoms with Crippen LogP contribution in [0.25, 0.3) is 11.0 Å². The number of pyridine rings is 1. The van der Waals surface area contributed by atoms with Crippen molar-refractivity contribution in [3.8, 4) is 0 Å². The Morgan fingerprint density at radius 1 is 1.06 bits per heavy atom. The smallest absolute Gasteiger partial charge is 0.269 e. The Morgan fingerprint density at radius 2 is 1.74 bits per heavy atom. The lowest BCUT2D eigenvalue weighted by Crippen LogP contribution is -2.24. The predicted molar refractivity (Wildman–Crippen MR) is 137 cm³/mol. The van der Waals surface area contributed by atoms with Gasteiger partial charge in [0.25, 0.3) is 10.0 Å². The quantitative estimate of drug-likeness (QED) is 0.302. The molecule has 0 radical (unpaired) electrons. The number of halogens is 1. The first-order valence-electron chi connectivity index (χ1n) is 11.7. The number of hydrogen-bond acceptors (Lipinski definition) is 5. The molecule has 5 nitrogen and oxygen atoms in total. The van der Waals surface area contributed by atoms with Crippen molar-refractivity contribution in [3.63, 3.8) is 0 Å². The molecule has 2 atom stereocenters. The third kappa shape index (κ3) is 4.50. The summed E-state index contributed by atoms with van der Waals surface area (Å²) < 4.78 is 42.7. The third-order valence-corrected chi connectivity index (χ3v) is 9.40. The minimum Gasteiger partial charge on any atom is -0.386 e. The molecule has 0 spiro atoms. The van der Waals surface area contributed by atoms with E-state index in [9.17, 15) is 17.9 Å². The highest BCUT2D eigenvalue weighted by molar-refractivity contribution is 7.98. The first-order valence-corrected chi connectivity index (χ1v) is 14.4. The molecular formula is C27H27FN2O3S2. The number of nitrogens with zero attached hydrogens (tertiary/aromatic N) is 2. The molecule has 0 saturated heterocycles. The van der Waals surface area contributed by atoms with Crippen molar-refractivity contribution in [2.75, 3.05) is 6.26 Å². The van der Waals surface area contributed by atoms with Gasteiger partial charge in [0.15, 0.2) is 5.65 Å². The summed E-state index contributed by atoms with van der Waals surface area (Å²) in [7, 11) is -4.09. The molecule has 182 valence electrons. The minimum absolute atomic E-state index is 0.0822. The predicted octanol–water partition coefficient (Wildman–Crippen LogP) is 6.14. The van der Waals surface area contributed by atoms with Gasteiger partial charge >= 0.3 is 0 Å². The van der Waals surface area contributed by atoms with Crippen LogP contribution >= 0.6 is 11.8 Å². The van der Waals surface area contributed by atoms with Gasteiger partial charge in [-0.2, -0.15) is 0 Å². The van der Waals surface area contributed by atoms with Gasteiger partial charge in [-0.15, -0.1) is 11.8 Å². The van der Waals surface area contributed by atoms with Crippen LogP contribution in [0.1, 0.15) is 49.0 Å². The molecule has 2 aromatic heterocycles. The molecule has 0 amide bonds. The molecule has 5 rings (SSSR count). The maximum Gasteiger partial charge on any atom is 0.269 e. The van der Waals surface area contributed by atoms with Crippen LogP contribution in [0.4, 0.5) is 4.39 Å². The van der Waals surface area contributed by atoms with Gasteiger partial charge in [0.2, 0.25) is 0 Å². The van der Waals surface area contributed by atoms with Crippen molar-refractivity contribution in [2.45, 2.75) is 47.5 Å². The number of thioether (sulfide) groups is 1. The molecule has 1 fully saturated rings. The molecule has 2 unspecified atom stereocenters. The number of aromatic nitrogens is 2. The van der Waals surface area contributed by atoms with Gasteiger partial charge in [0.05, 0.1) is 16.8 Å². The zero-order valence-electron chi connectivity index (χ0n) is 19.3. The van der Waals surface area contributed by atoms with Crippen molar-refractivity contribution in [2.24, 2.45) is 5.92 Å². The molecule has 2 heterocycles. The van der Waals surface area contributed by atoms with Gasteiger partial charge in [-0.25, -0.2) is 21.8 Å². The van der Waals surface area contributed by atoms with E-state index in [1.165, 1.54) is 18.2 Å². The molecule has 1 aliphatic carbocycles. The van der Waals surface area contributed by atoms with Crippen LogP contribution in [-0.2, 0) is 10.0 Å². The van der Waals surface area contributed by atoms with Crippen LogP contribution in [0.3, 0.4) is 0 Å². The molecule has 1 aliphatic rings. The summed E-state index contributed by atoms with van der Waals surface area (Å²) >= 11 is 1.64. The first-order chi connectivity index (χ1) is 16.9. The van der Waals surface area contributed by atoms with Crippen LogP contribution in [0.15, 0.2) is 82.7 Å². The maximum atomic E-state index is 14.1. The number of aliphatic hydroxyl groups is 1. The van der Waals surface area contributed by atoms with E-state index in [4.69, 9.17) is 0 Å². The Morgan fingerprint density at radius 3 is 2.40 bits per heavy atom. The van der Waals surface area contributed by atoms with Crippen molar-refractivity contribution in [1.29, 1.82) is 0 Å². The Hall–Kier alpha value is -2.68. The van der Waals surface area contributed by atoms with Gasteiger partial charge in [-0.3, -0.25) is 0 Å². The number of hydrogen-bond donors (Lipinski definition) is 1. The van der Waals surface area contributed by atoms with Gasteiger partial charge in [0.1, 0.15) is 11.9 Å². The van der Waals surface area contributed by atoms with Gasteiger partial charge < -0.3 is 5.11 Å². The van der Waals surface area contributed by atoms with Gasteiger partial charge in [-0.05, 0) is 67.0 Å². The highest BCUT2D eigenvalue weighted by Crippen LogP contribution is 2.46. The average molecular weight is 511 g/mol. The van der Waals surface area contributed by atoms with Crippen LogP contribution in [0.2, 0.25) is 0 Å². The van der Waals surface area contributed by atoms with E-state index in [1.807, 2.05) is 30.5 Å². The molecule has 0 aliphatic heterocycles. The van der Waals surface area contributed by atoms with Crippen LogP contribution in [-0.4, -0.2) is 28.7 Å². The second-order valence-corrected chi connectivity index (χ2v) is 11.7. The SMILES string of the molecule is CSc1ccc(C(C2CCCC2)C(O)c2cc3cc(F)cnc3n2S(=O)(=O)c2ccccc2)cc1. The largest absolute Gasteiger partial charge is 0.386 e. The van der Waals surface area contributed by atoms with Gasteiger partial charge in [0, 0.05) is 16.2 Å². The van der Waals surface area contributed by atoms with Crippen molar-refractivity contribution in [1.82, 2.24) is 8.96 Å². The minimum atomic E-state index is -4.09. The Bertz CT molecular complexity index is 1430. The lowest BCUT2D eigenvalue weighted by molar-refractivity contribution is 0.111. The molecule has 4 aromatic rings. The fraction of sp³-hybridized carbons (Fsp3) is 0.296. The molecule has 0 bridgehead atoms. The van der Waals surface area contributed by atoms with E-state index < -0.39 is 21.9 Å². The standard InChI is InChI=1S/C27H27FN2O3S2/c1-34-22-13-11-19(12-14-22)25(18-7-5-6-8-18)26(31)24-16-20-15-21(28)17-29-27(20)30(24)35(32,33)23-9-3-2-4-10-23/h2-4,9-18,25-26,31H,5-8H2,1H3. The zero-order valence-corrected chi connectivity index (χ0v) is 21.0. The van der Waals surface area contributed by atoms with E-state index in [0.29, 0.717) is 5.39 Å². The Labute approximate surface area is 209 Å². The summed E-state index contributed by atoms with van der Waals surface area (Å²) in [4.78, 5) is 5.32. The maximum absolute atomic E-state index is 14.1. The zero-order chi connectivity index (χ0) is 24.6. The second kappa shape index (κ2) is 9.76. The lowest BCUT2D eigenvalue weighted by atomic mass is 9.80. The normalized spacial score (nSPS) is 16.5. The molecule has 1 N–H and O–H groups in total. The summed E-state index contributed by atoms with van der Waals surface area (Å²) in [5, 5.41) is 12.2. The first kappa shape index (κ1) is 24.0. The van der Waals surface area contributed by atoms with Crippen LogP contribution < -0.4 is 0 Å². The van der Waals surface area contributed by atoms with E-state index in [1.54, 1.807) is 36.0 Å². The highest BCUT2D eigenvalue weighted by atomic mass is 32.2. The molecular weight excluding hydrogens is 483 g/mol. The van der Waals surface area contributed by atoms with E-state index in [0.717, 1.165) is 46.3 Å². The van der Waals surface area contributed by atoms with Crippen LogP contribution in [0, 0.1) is 11.7 Å². The summed E-state index contributed by atoms with van der Waals surface area (Å²) in [6.07, 6.45) is 5.98. The number of fused-ring (bicyclic) bond motifs is 1. The fourth-order valence-corrected chi connectivity index (χ4v) is 7.20. The van der Waals surface area contributed by atoms with Crippen molar-refractivity contribution >= 4 is 32.8 Å². The lowest BCUT2D eigenvalue weighted by Gasteiger charge is -2.30. The number of rotatable bonds is 7. The highest BCUT2D eigenvalue weighted by Gasteiger charge is 2.37. The summed E-state index contributed by atoms with van der Waals surface area (Å²) in [6, 6.07) is 19.0. The molecule has 8 heteroatoms. The average Bonchev–Trinajstić information content (AvgIpc) is 3.53. The topological polar surface area (TPSA) is 72.2 Å². The van der Waals surface area contributed by atoms with Crippen molar-refractivity contribution < 1.29 is 17.9 Å². The van der Waals surface area contributed by atoms with E-state index in [-0.39, 0.29) is 28.1 Å². The fourth-order valence-electron chi connectivity index (χ4n) is 5.26. The number of benzene rings is 2. The molecule has 1 saturated carbocycles.